The van der Waals surface area contributed by atoms with E-state index in [1.54, 1.807) is 53.4 Å². The fourth-order valence-corrected chi connectivity index (χ4v) is 8.68. The van der Waals surface area contributed by atoms with Crippen LogP contribution in [0.4, 0.5) is 15.3 Å². The highest BCUT2D eigenvalue weighted by Crippen LogP contribution is 2.32. The first-order valence-electron chi connectivity index (χ1n) is 22.7. The molecule has 2 bridgehead atoms. The number of pyridine rings is 1. The summed E-state index contributed by atoms with van der Waals surface area (Å²) in [5.41, 5.74) is 5.01. The van der Waals surface area contributed by atoms with E-state index in [9.17, 15) is 29.4 Å². The molecule has 67 heavy (non-hydrogen) atoms. The topological polar surface area (TPSA) is 195 Å². The van der Waals surface area contributed by atoms with Gasteiger partial charge in [-0.05, 0) is 115 Å². The van der Waals surface area contributed by atoms with E-state index in [4.69, 9.17) is 14.2 Å². The van der Waals surface area contributed by atoms with Crippen molar-refractivity contribution in [3.63, 3.8) is 0 Å². The van der Waals surface area contributed by atoms with Crippen molar-refractivity contribution in [1.82, 2.24) is 25.4 Å². The Kier molecular flexibility index (Phi) is 15.1. The van der Waals surface area contributed by atoms with E-state index < -0.39 is 24.2 Å². The summed E-state index contributed by atoms with van der Waals surface area (Å²) in [5.74, 6) is 0.454. The Balaban J connectivity index is 0.766. The van der Waals surface area contributed by atoms with E-state index in [2.05, 4.69) is 25.8 Å². The van der Waals surface area contributed by atoms with Crippen LogP contribution in [0.2, 0.25) is 0 Å². The van der Waals surface area contributed by atoms with Gasteiger partial charge in [0.05, 0.1) is 29.8 Å². The lowest BCUT2D eigenvalue weighted by Gasteiger charge is -2.43. The minimum absolute atomic E-state index is 0.00584. The Morgan fingerprint density at radius 3 is 2.34 bits per heavy atom. The molecule has 3 saturated heterocycles. The molecular weight excluding hydrogens is 853 g/mol. The number of aromatic hydroxyl groups is 1. The number of hydrogen-bond acceptors (Lipinski definition) is 11. The van der Waals surface area contributed by atoms with Crippen molar-refractivity contribution < 1.29 is 38.8 Å². The molecule has 348 valence electrons. The number of aromatic amines is 1. The molecule has 3 atom stereocenters. The number of phenols is 1. The number of phenolic OH excluding ortho intramolecular Hbond substituents is 1. The maximum atomic E-state index is 13.3. The van der Waals surface area contributed by atoms with Crippen molar-refractivity contribution in [2.75, 3.05) is 51.2 Å². The predicted octanol–water partition coefficient (Wildman–Crippen LogP) is 7.26. The lowest BCUT2D eigenvalue weighted by molar-refractivity contribution is -0.0336. The van der Waals surface area contributed by atoms with Gasteiger partial charge in [0.1, 0.15) is 30.8 Å². The monoisotopic (exact) mass is 908 g/mol. The lowest BCUT2D eigenvalue weighted by atomic mass is 9.86. The molecule has 3 aliphatic rings. The molecule has 6 aromatic rings. The van der Waals surface area contributed by atoms with Gasteiger partial charge in [-0.25, -0.2) is 14.4 Å². The third kappa shape index (κ3) is 12.0. The van der Waals surface area contributed by atoms with E-state index in [-0.39, 0.29) is 55.3 Å². The normalized spacial score (nSPS) is 17.3. The van der Waals surface area contributed by atoms with Crippen molar-refractivity contribution in [1.29, 1.82) is 0 Å². The SMILES string of the molecule is CCN(CCOC(=O)c1ccc(COc2cccc(C(NC(=O)O[C@H]3CN4CCC3CC4)c3ccccc3)c2)cc1)C(=O)Nc1ccc(CNC[C@@H](O)c2ccc(O)c3[nH]c(=O)ccc23)cc1. The molecule has 15 nitrogen and oxygen atoms in total. The number of amides is 3. The van der Waals surface area contributed by atoms with Crippen LogP contribution in [0.5, 0.6) is 11.5 Å². The zero-order valence-electron chi connectivity index (χ0n) is 37.4. The molecule has 4 heterocycles. The summed E-state index contributed by atoms with van der Waals surface area (Å²) < 4.78 is 17.7. The Morgan fingerprint density at radius 2 is 1.61 bits per heavy atom. The summed E-state index contributed by atoms with van der Waals surface area (Å²) >= 11 is 0. The Morgan fingerprint density at radius 1 is 0.866 bits per heavy atom. The average Bonchev–Trinajstić information content (AvgIpc) is 3.35. The second kappa shape index (κ2) is 21.9. The van der Waals surface area contributed by atoms with E-state index in [0.29, 0.717) is 47.0 Å². The number of piperidine rings is 3. The van der Waals surface area contributed by atoms with Gasteiger partial charge in [0.2, 0.25) is 5.56 Å². The molecule has 15 heteroatoms. The largest absolute Gasteiger partial charge is 0.506 e. The van der Waals surface area contributed by atoms with Crippen molar-refractivity contribution in [3.05, 3.63) is 171 Å². The van der Waals surface area contributed by atoms with Crippen LogP contribution >= 0.6 is 0 Å². The molecule has 0 aliphatic carbocycles. The number of rotatable bonds is 18. The molecule has 0 spiro atoms. The summed E-state index contributed by atoms with van der Waals surface area (Å²) in [7, 11) is 0. The third-order valence-electron chi connectivity index (χ3n) is 12.4. The second-order valence-corrected chi connectivity index (χ2v) is 16.9. The number of carbonyl (C=O) groups excluding carboxylic acids is 3. The van der Waals surface area contributed by atoms with Crippen LogP contribution in [-0.4, -0.2) is 95.1 Å². The number of esters is 1. The maximum absolute atomic E-state index is 13.3. The quantitative estimate of drug-likeness (QED) is 0.0476. The van der Waals surface area contributed by atoms with Crippen molar-refractivity contribution in [3.8, 4) is 11.5 Å². The molecule has 0 radical (unpaired) electrons. The number of fused-ring (bicyclic) bond motifs is 4. The molecule has 3 aliphatic heterocycles. The van der Waals surface area contributed by atoms with Crippen LogP contribution < -0.4 is 26.2 Å². The minimum atomic E-state index is -0.890. The van der Waals surface area contributed by atoms with Crippen molar-refractivity contribution in [2.24, 2.45) is 5.92 Å². The highest BCUT2D eigenvalue weighted by Gasteiger charge is 2.37. The van der Waals surface area contributed by atoms with Crippen LogP contribution in [0.3, 0.4) is 0 Å². The first kappa shape index (κ1) is 46.3. The number of anilines is 1. The lowest BCUT2D eigenvalue weighted by Crippen LogP contribution is -2.52. The number of nitrogens with zero attached hydrogens (tertiary/aromatic N) is 2. The molecule has 1 unspecified atom stereocenters. The zero-order valence-corrected chi connectivity index (χ0v) is 37.4. The molecule has 5 aromatic carbocycles. The predicted molar refractivity (Wildman–Crippen MR) is 254 cm³/mol. The van der Waals surface area contributed by atoms with Gasteiger partial charge in [-0.15, -0.1) is 0 Å². The number of benzene rings is 5. The number of aliphatic hydroxyl groups excluding tert-OH is 1. The molecule has 3 amide bonds. The number of likely N-dealkylation sites (N-methyl/N-ethyl adjacent to an activating group) is 1. The summed E-state index contributed by atoms with van der Waals surface area (Å²) in [6.07, 6.45) is 0.683. The number of ether oxygens (including phenoxy) is 3. The molecule has 9 rings (SSSR count). The number of nitrogens with one attached hydrogen (secondary N) is 4. The average molecular weight is 909 g/mol. The molecule has 3 fully saturated rings. The van der Waals surface area contributed by atoms with E-state index >= 15 is 0 Å². The number of urea groups is 1. The summed E-state index contributed by atoms with van der Waals surface area (Å²) in [5, 5.41) is 30.8. The molecule has 1 aromatic heterocycles. The van der Waals surface area contributed by atoms with Gasteiger partial charge < -0.3 is 50.3 Å². The second-order valence-electron chi connectivity index (χ2n) is 16.9. The maximum Gasteiger partial charge on any atom is 0.408 e. The number of aliphatic hydroxyl groups is 1. The van der Waals surface area contributed by atoms with Crippen LogP contribution in [0.15, 0.2) is 132 Å². The molecular formula is C52H56N6O9. The number of alkyl carbamates (subject to hydrolysis) is 1. The highest BCUT2D eigenvalue weighted by atomic mass is 16.6. The fourth-order valence-electron chi connectivity index (χ4n) is 8.68. The highest BCUT2D eigenvalue weighted by molar-refractivity contribution is 5.90. The number of aromatic nitrogens is 1. The van der Waals surface area contributed by atoms with Gasteiger partial charge in [-0.3, -0.25) is 9.69 Å². The standard InChI is InChI=1S/C52H56N6O9/c1-2-58(51(63)54-40-17-13-34(14-18-40)30-53-31-45(60)42-19-21-44(59)49-43(42)20-22-47(61)55-49)27-28-65-50(62)38-15-11-35(12-16-38)33-66-41-10-6-9-39(29-41)48(37-7-4-3-5-8-37)56-52(64)67-46-32-57-25-23-36(46)24-26-57/h3-22,29,36,45-46,48,53,59-60H,2,23-28,30-33H2,1H3,(H,54,63)(H,55,61)(H,56,64)/t45-,46+,48?/m1/s1. The molecule has 6 N–H and O–H groups in total. The van der Waals surface area contributed by atoms with Gasteiger partial charge >= 0.3 is 18.1 Å². The Hall–Kier alpha value is -7.20. The third-order valence-corrected chi connectivity index (χ3v) is 12.4. The van der Waals surface area contributed by atoms with Crippen LogP contribution in [0.25, 0.3) is 10.9 Å². The van der Waals surface area contributed by atoms with Gasteiger partial charge in [-0.2, -0.15) is 0 Å². The van der Waals surface area contributed by atoms with Crippen molar-refractivity contribution >= 4 is 34.7 Å². The number of carbonyl (C=O) groups is 3. The van der Waals surface area contributed by atoms with Crippen LogP contribution in [0.1, 0.15) is 70.1 Å². The number of hydrogen-bond donors (Lipinski definition) is 6. The van der Waals surface area contributed by atoms with Crippen LogP contribution in [-0.2, 0) is 22.6 Å². The van der Waals surface area contributed by atoms with E-state index in [0.717, 1.165) is 54.7 Å². The van der Waals surface area contributed by atoms with Gasteiger partial charge in [0.25, 0.3) is 0 Å². The summed E-state index contributed by atoms with van der Waals surface area (Å²) in [6.45, 7) is 6.28. The minimum Gasteiger partial charge on any atom is -0.506 e. The zero-order chi connectivity index (χ0) is 46.7. The smallest absolute Gasteiger partial charge is 0.408 e. The van der Waals surface area contributed by atoms with Gasteiger partial charge in [0, 0.05) is 43.3 Å². The first-order valence-corrected chi connectivity index (χ1v) is 22.7. The summed E-state index contributed by atoms with van der Waals surface area (Å²) in [4.78, 5) is 57.5. The van der Waals surface area contributed by atoms with Gasteiger partial charge in [-0.1, -0.05) is 72.8 Å². The van der Waals surface area contributed by atoms with E-state index in [1.165, 1.54) is 12.1 Å². The van der Waals surface area contributed by atoms with E-state index in [1.807, 2.05) is 73.7 Å². The number of H-pyrrole nitrogens is 1. The first-order chi connectivity index (χ1) is 32.6. The van der Waals surface area contributed by atoms with Crippen LogP contribution in [0, 0.1) is 5.92 Å². The summed E-state index contributed by atoms with van der Waals surface area (Å²) in [6, 6.07) is 36.9. The fraction of sp³-hybridized carbons (Fsp3) is 0.308. The van der Waals surface area contributed by atoms with Crippen molar-refractivity contribution in [2.45, 2.75) is 51.2 Å². The Bertz CT molecular complexity index is 2690. The molecule has 0 saturated carbocycles. The van der Waals surface area contributed by atoms with Gasteiger partial charge in [0.15, 0.2) is 0 Å². The Labute approximate surface area is 388 Å².